The van der Waals surface area contributed by atoms with Gasteiger partial charge in [-0.15, -0.1) is 11.3 Å². The van der Waals surface area contributed by atoms with E-state index >= 15 is 0 Å². The minimum atomic E-state index is 0.289. The predicted octanol–water partition coefficient (Wildman–Crippen LogP) is 11.9. The smallest absolute Gasteiger partial charge is 0.164 e. The van der Waals surface area contributed by atoms with E-state index in [1.807, 2.05) is 30.3 Å². The van der Waals surface area contributed by atoms with Crippen LogP contribution in [-0.2, 0) is 5.41 Å². The Morgan fingerprint density at radius 1 is 0.580 bits per heavy atom. The Bertz CT molecular complexity index is 2400. The summed E-state index contributed by atoms with van der Waals surface area (Å²) in [6, 6.07) is 42.8. The Hall–Kier alpha value is -5.18. The van der Waals surface area contributed by atoms with Gasteiger partial charge in [0, 0.05) is 36.9 Å². The summed E-state index contributed by atoms with van der Waals surface area (Å²) in [7, 11) is 0. The van der Waals surface area contributed by atoms with E-state index in [4.69, 9.17) is 15.0 Å². The zero-order chi connectivity index (χ0) is 33.8. The fourth-order valence-electron chi connectivity index (χ4n) is 9.25. The van der Waals surface area contributed by atoms with Gasteiger partial charge in [-0.1, -0.05) is 105 Å². The first kappa shape index (κ1) is 30.8. The van der Waals surface area contributed by atoms with Gasteiger partial charge in [0.15, 0.2) is 17.5 Å². The maximum atomic E-state index is 9.39. The summed E-state index contributed by atoms with van der Waals surface area (Å²) in [5, 5.41) is 11.8. The third-order valence-corrected chi connectivity index (χ3v) is 12.2. The van der Waals surface area contributed by atoms with Gasteiger partial charge in [-0.25, -0.2) is 15.0 Å². The van der Waals surface area contributed by atoms with Gasteiger partial charge in [0.2, 0.25) is 0 Å². The van der Waals surface area contributed by atoms with E-state index < -0.39 is 0 Å². The molecule has 2 heterocycles. The number of benzene rings is 5. The molecular weight excluding hydrogens is 629 g/mol. The summed E-state index contributed by atoms with van der Waals surface area (Å²) in [5.41, 5.74) is 7.64. The second-order valence-electron chi connectivity index (χ2n) is 14.9. The van der Waals surface area contributed by atoms with Crippen LogP contribution < -0.4 is 0 Å². The summed E-state index contributed by atoms with van der Waals surface area (Å²) in [6.45, 7) is 4.90. The van der Waals surface area contributed by atoms with E-state index in [0.29, 0.717) is 23.0 Å². The van der Waals surface area contributed by atoms with Gasteiger partial charge in [-0.05, 0) is 96.2 Å². The lowest BCUT2D eigenvalue weighted by molar-refractivity contribution is 0.0780. The Balaban J connectivity index is 1.10. The molecule has 0 amide bonds. The molecule has 2 bridgehead atoms. The third kappa shape index (κ3) is 5.58. The zero-order valence-electron chi connectivity index (χ0n) is 28.4. The van der Waals surface area contributed by atoms with E-state index in [-0.39, 0.29) is 5.41 Å². The van der Waals surface area contributed by atoms with Crippen LogP contribution >= 0.6 is 11.3 Å². The highest BCUT2D eigenvalue weighted by Crippen LogP contribution is 2.54. The number of nitriles is 1. The Morgan fingerprint density at radius 2 is 1.14 bits per heavy atom. The quantitative estimate of drug-likeness (QED) is 0.183. The van der Waals surface area contributed by atoms with Crippen LogP contribution in [0.2, 0.25) is 0 Å². The van der Waals surface area contributed by atoms with E-state index in [0.717, 1.165) is 50.3 Å². The summed E-state index contributed by atoms with van der Waals surface area (Å²) >= 11 is 1.73. The fraction of sp³-hybridized carbons (Fsp3) is 0.244. The van der Waals surface area contributed by atoms with Crippen molar-refractivity contribution in [2.75, 3.05) is 0 Å². The molecule has 2 aliphatic carbocycles. The van der Waals surface area contributed by atoms with Crippen LogP contribution in [0.3, 0.4) is 0 Å². The maximum Gasteiger partial charge on any atom is 0.164 e. The first-order chi connectivity index (χ1) is 24.4. The van der Waals surface area contributed by atoms with Crippen molar-refractivity contribution >= 4 is 31.5 Å². The molecule has 2 aliphatic rings. The lowest BCUT2D eigenvalue weighted by Gasteiger charge is -2.50. The van der Waals surface area contributed by atoms with Crippen LogP contribution in [0.1, 0.15) is 57.1 Å². The topological polar surface area (TPSA) is 62.5 Å². The van der Waals surface area contributed by atoms with Crippen molar-refractivity contribution in [2.24, 2.45) is 17.8 Å². The second kappa shape index (κ2) is 12.3. The van der Waals surface area contributed by atoms with Crippen molar-refractivity contribution in [1.82, 2.24) is 15.0 Å². The Morgan fingerprint density at radius 3 is 1.84 bits per heavy atom. The minimum Gasteiger partial charge on any atom is -0.208 e. The van der Waals surface area contributed by atoms with Gasteiger partial charge in [0.05, 0.1) is 11.6 Å². The molecule has 244 valence electrons. The van der Waals surface area contributed by atoms with Crippen LogP contribution in [0.15, 0.2) is 115 Å². The minimum absolute atomic E-state index is 0.289. The van der Waals surface area contributed by atoms with Crippen molar-refractivity contribution in [3.8, 4) is 51.4 Å². The summed E-state index contributed by atoms with van der Waals surface area (Å²) in [6.07, 6.45) is 6.66. The Kier molecular flexibility index (Phi) is 7.59. The number of thiophene rings is 1. The molecule has 2 aromatic heterocycles. The molecule has 0 saturated heterocycles. The molecule has 0 spiro atoms. The molecule has 5 heteroatoms. The number of aromatic nitrogens is 3. The number of fused-ring (bicyclic) bond motifs is 5. The van der Waals surface area contributed by atoms with Crippen LogP contribution in [0.4, 0.5) is 0 Å². The molecule has 1 unspecified atom stereocenters. The van der Waals surface area contributed by atoms with Crippen molar-refractivity contribution < 1.29 is 0 Å². The zero-order valence-corrected chi connectivity index (χ0v) is 29.3. The molecule has 2 fully saturated rings. The van der Waals surface area contributed by atoms with Gasteiger partial charge < -0.3 is 0 Å². The summed E-state index contributed by atoms with van der Waals surface area (Å²) in [4.78, 5) is 15.2. The van der Waals surface area contributed by atoms with Gasteiger partial charge in [0.25, 0.3) is 0 Å². The average Bonchev–Trinajstić information content (AvgIpc) is 3.51. The molecule has 0 N–H and O–H groups in total. The van der Waals surface area contributed by atoms with E-state index in [1.165, 1.54) is 53.1 Å². The molecule has 50 heavy (non-hydrogen) atoms. The normalized spacial score (nSPS) is 21.7. The van der Waals surface area contributed by atoms with Crippen molar-refractivity contribution in [3.05, 3.63) is 126 Å². The van der Waals surface area contributed by atoms with E-state index in [2.05, 4.69) is 105 Å². The van der Waals surface area contributed by atoms with Crippen molar-refractivity contribution in [1.29, 1.82) is 5.26 Å². The maximum absolute atomic E-state index is 9.39. The lowest BCUT2D eigenvalue weighted by Crippen LogP contribution is -2.42. The van der Waals surface area contributed by atoms with Crippen molar-refractivity contribution in [2.45, 2.75) is 51.4 Å². The largest absolute Gasteiger partial charge is 0.208 e. The first-order valence-corrected chi connectivity index (χ1v) is 18.6. The summed E-state index contributed by atoms with van der Waals surface area (Å²) in [5.74, 6) is 4.43. The second-order valence-corrected chi connectivity index (χ2v) is 16.0. The fourth-order valence-corrected chi connectivity index (χ4v) is 10.4. The van der Waals surface area contributed by atoms with Crippen LogP contribution in [0, 0.1) is 29.1 Å². The lowest BCUT2D eigenvalue weighted by atomic mass is 9.54. The standard InChI is InChI=1S/C45H38N4S/c1-28-19-31-20-29(2)25-45(24-28,26-31)37-15-12-33(13-16-37)43-47-42(32-7-4-3-5-8-32)48-44(49-43)36-10-6-9-34(22-36)35-14-18-39-38-17-11-30(27-46)21-40(38)50-41(39)23-35/h3-18,21-23,28-29,31H,19-20,24-26H2,1-2H3/t28-,29+,31-,45?. The number of rotatable bonds is 5. The molecule has 4 nitrogen and oxygen atoms in total. The van der Waals surface area contributed by atoms with Crippen LogP contribution in [0.25, 0.3) is 65.5 Å². The highest BCUT2D eigenvalue weighted by molar-refractivity contribution is 7.25. The van der Waals surface area contributed by atoms with E-state index in [9.17, 15) is 5.26 Å². The van der Waals surface area contributed by atoms with Gasteiger partial charge in [0.1, 0.15) is 0 Å². The number of hydrogen-bond donors (Lipinski definition) is 0. The van der Waals surface area contributed by atoms with Gasteiger partial charge >= 0.3 is 0 Å². The number of nitrogens with zero attached hydrogens (tertiary/aromatic N) is 4. The van der Waals surface area contributed by atoms with Gasteiger partial charge in [-0.3, -0.25) is 0 Å². The molecule has 0 aliphatic heterocycles. The van der Waals surface area contributed by atoms with Crippen LogP contribution in [-0.4, -0.2) is 15.0 Å². The monoisotopic (exact) mass is 666 g/mol. The molecule has 9 rings (SSSR count). The average molecular weight is 667 g/mol. The molecule has 0 radical (unpaired) electrons. The Labute approximate surface area is 297 Å². The van der Waals surface area contributed by atoms with Crippen LogP contribution in [0.5, 0.6) is 0 Å². The molecule has 2 saturated carbocycles. The predicted molar refractivity (Wildman–Crippen MR) is 206 cm³/mol. The molecule has 7 aromatic rings. The molecule has 4 atom stereocenters. The molecular formula is C45H38N4S. The highest BCUT2D eigenvalue weighted by Gasteiger charge is 2.45. The van der Waals surface area contributed by atoms with Crippen molar-refractivity contribution in [3.63, 3.8) is 0 Å². The molecule has 5 aromatic carbocycles. The summed E-state index contributed by atoms with van der Waals surface area (Å²) < 4.78 is 2.34. The SMILES string of the molecule is C[C@@H]1C[C@@H]2C[C@H](C)CC(c3ccc(-c4nc(-c5ccccc5)nc(-c5cccc(-c6ccc7c(c6)sc6cc(C#N)ccc67)c5)n4)cc3)(C1)C2. The third-order valence-electron chi connectivity index (χ3n) is 11.1. The highest BCUT2D eigenvalue weighted by atomic mass is 32.1. The number of hydrogen-bond acceptors (Lipinski definition) is 5. The van der Waals surface area contributed by atoms with E-state index in [1.54, 1.807) is 11.3 Å². The van der Waals surface area contributed by atoms with Gasteiger partial charge in [-0.2, -0.15) is 5.26 Å². The first-order valence-electron chi connectivity index (χ1n) is 17.8.